The van der Waals surface area contributed by atoms with E-state index in [1.54, 1.807) is 6.92 Å². The number of nitro benzene ring substituents is 1. The summed E-state index contributed by atoms with van der Waals surface area (Å²) in [7, 11) is -2.68. The number of methoxy groups -OCH3 is 1. The summed E-state index contributed by atoms with van der Waals surface area (Å²) in [5, 5.41) is 13.9. The molecule has 1 aromatic carbocycles. The Morgan fingerprint density at radius 3 is 2.39 bits per heavy atom. The van der Waals surface area contributed by atoms with Crippen molar-refractivity contribution in [1.29, 1.82) is 0 Å². The number of piperazine rings is 1. The summed E-state index contributed by atoms with van der Waals surface area (Å²) in [4.78, 5) is 38.0. The maximum atomic E-state index is 13.0. The van der Waals surface area contributed by atoms with Gasteiger partial charge < -0.3 is 10.1 Å². The number of ether oxygens (including phenoxy) is 1. The van der Waals surface area contributed by atoms with Crippen molar-refractivity contribution in [1.82, 2.24) is 19.4 Å². The van der Waals surface area contributed by atoms with Crippen LogP contribution in [-0.4, -0.2) is 84.9 Å². The molecule has 170 valence electrons. The molecule has 0 aromatic heterocycles. The predicted molar refractivity (Wildman–Crippen MR) is 109 cm³/mol. The van der Waals surface area contributed by atoms with Crippen LogP contribution in [0.2, 0.25) is 0 Å². The van der Waals surface area contributed by atoms with E-state index in [2.05, 4.69) is 5.32 Å². The van der Waals surface area contributed by atoms with Gasteiger partial charge >= 0.3 is 11.7 Å². The largest absolute Gasteiger partial charge is 0.490 e. The number of benzene rings is 1. The molecule has 1 N–H and O–H groups in total. The number of carbonyl (C=O) groups excluding carboxylic acids is 2. The molecular weight excluding hydrogens is 430 g/mol. The molecule has 0 aliphatic carbocycles. The molecule has 0 bridgehead atoms. The second kappa shape index (κ2) is 8.40. The molecule has 0 radical (unpaired) electrons. The minimum Gasteiger partial charge on any atom is -0.490 e. The van der Waals surface area contributed by atoms with Gasteiger partial charge in [-0.2, -0.15) is 4.31 Å². The minimum absolute atomic E-state index is 0.0265. The monoisotopic (exact) mass is 455 g/mol. The first kappa shape index (κ1) is 22.9. The van der Waals surface area contributed by atoms with Gasteiger partial charge in [0.1, 0.15) is 5.54 Å². The van der Waals surface area contributed by atoms with E-state index < -0.39 is 32.2 Å². The average molecular weight is 455 g/mol. The minimum atomic E-state index is -3.95. The fourth-order valence-corrected chi connectivity index (χ4v) is 4.99. The Kier molecular flexibility index (Phi) is 6.21. The van der Waals surface area contributed by atoms with Crippen LogP contribution < -0.4 is 10.1 Å². The number of carbonyl (C=O) groups is 2. The normalized spacial score (nSPS) is 23.1. The van der Waals surface area contributed by atoms with Crippen molar-refractivity contribution >= 4 is 27.6 Å². The molecule has 2 aliphatic heterocycles. The molecule has 12 nitrogen and oxygen atoms in total. The molecule has 2 saturated heterocycles. The van der Waals surface area contributed by atoms with Crippen LogP contribution in [0.15, 0.2) is 23.1 Å². The van der Waals surface area contributed by atoms with E-state index in [0.717, 1.165) is 11.0 Å². The van der Waals surface area contributed by atoms with E-state index in [4.69, 9.17) is 4.74 Å². The van der Waals surface area contributed by atoms with E-state index in [9.17, 15) is 28.1 Å². The Bertz CT molecular complexity index is 1010. The van der Waals surface area contributed by atoms with Crippen LogP contribution in [0.3, 0.4) is 0 Å². The highest BCUT2D eigenvalue weighted by Crippen LogP contribution is 2.31. The highest BCUT2D eigenvalue weighted by Gasteiger charge is 2.47. The maximum absolute atomic E-state index is 13.0. The lowest BCUT2D eigenvalue weighted by Crippen LogP contribution is -2.52. The molecule has 31 heavy (non-hydrogen) atoms. The number of rotatable bonds is 7. The van der Waals surface area contributed by atoms with E-state index >= 15 is 0 Å². The number of urea groups is 1. The maximum Gasteiger partial charge on any atom is 0.326 e. The van der Waals surface area contributed by atoms with Crippen molar-refractivity contribution in [2.45, 2.75) is 30.7 Å². The van der Waals surface area contributed by atoms with E-state index in [1.165, 1.54) is 23.5 Å². The zero-order valence-corrected chi connectivity index (χ0v) is 18.3. The van der Waals surface area contributed by atoms with Crippen molar-refractivity contribution in [2.75, 3.05) is 40.0 Å². The van der Waals surface area contributed by atoms with Gasteiger partial charge in [0.25, 0.3) is 5.91 Å². The molecular formula is C18H25N5O7S. The Labute approximate surface area is 179 Å². The first-order valence-electron chi connectivity index (χ1n) is 9.72. The number of nitrogens with zero attached hydrogens (tertiary/aromatic N) is 4. The second-order valence-corrected chi connectivity index (χ2v) is 9.54. The van der Waals surface area contributed by atoms with Crippen LogP contribution in [0.1, 0.15) is 20.3 Å². The number of amides is 3. The van der Waals surface area contributed by atoms with Gasteiger partial charge in [-0.25, -0.2) is 18.1 Å². The van der Waals surface area contributed by atoms with Crippen molar-refractivity contribution in [3.63, 3.8) is 0 Å². The fraction of sp³-hybridized carbons (Fsp3) is 0.556. The van der Waals surface area contributed by atoms with Crippen molar-refractivity contribution in [3.05, 3.63) is 28.3 Å². The molecule has 13 heteroatoms. The van der Waals surface area contributed by atoms with Gasteiger partial charge in [0.15, 0.2) is 5.75 Å². The van der Waals surface area contributed by atoms with E-state index in [-0.39, 0.29) is 36.3 Å². The van der Waals surface area contributed by atoms with Crippen LogP contribution in [0, 0.1) is 10.1 Å². The van der Waals surface area contributed by atoms with E-state index in [0.29, 0.717) is 19.5 Å². The molecule has 2 fully saturated rings. The number of hydrogen-bond acceptors (Lipinski definition) is 8. The Morgan fingerprint density at radius 2 is 1.87 bits per heavy atom. The molecule has 3 rings (SSSR count). The van der Waals surface area contributed by atoms with Gasteiger partial charge in [-0.05, 0) is 25.5 Å². The smallest absolute Gasteiger partial charge is 0.326 e. The van der Waals surface area contributed by atoms with Gasteiger partial charge in [-0.1, -0.05) is 6.92 Å². The zero-order chi connectivity index (χ0) is 23.0. The third-order valence-electron chi connectivity index (χ3n) is 5.71. The molecule has 2 heterocycles. The Hall–Kier alpha value is -2.77. The number of hydrogen-bond donors (Lipinski definition) is 1. The molecule has 0 spiro atoms. The summed E-state index contributed by atoms with van der Waals surface area (Å²) in [6.07, 6.45) is 0.466. The lowest BCUT2D eigenvalue weighted by molar-refractivity contribution is -0.386. The molecule has 1 aromatic rings. The molecule has 2 aliphatic rings. The van der Waals surface area contributed by atoms with Crippen LogP contribution >= 0.6 is 0 Å². The number of nitro groups is 1. The van der Waals surface area contributed by atoms with Gasteiger partial charge in [0.05, 0.1) is 23.6 Å². The van der Waals surface area contributed by atoms with Crippen LogP contribution in [0.25, 0.3) is 0 Å². The van der Waals surface area contributed by atoms with E-state index in [1.807, 2.05) is 11.8 Å². The van der Waals surface area contributed by atoms with Gasteiger partial charge in [-0.3, -0.25) is 19.8 Å². The van der Waals surface area contributed by atoms with Crippen LogP contribution in [-0.2, 0) is 14.8 Å². The summed E-state index contributed by atoms with van der Waals surface area (Å²) >= 11 is 0. The first-order valence-corrected chi connectivity index (χ1v) is 11.2. The van der Waals surface area contributed by atoms with Gasteiger partial charge in [0, 0.05) is 32.2 Å². The molecule has 0 saturated carbocycles. The Morgan fingerprint density at radius 1 is 1.23 bits per heavy atom. The number of nitrogens with one attached hydrogen (secondary N) is 1. The standard InChI is InChI=1S/C18H25N5O7S/c1-4-18(2)16(24)22(17(25)19-18)12-20-7-9-21(10-8-20)31(28,29)13-5-6-15(30-3)14(11-13)23(26)27/h5-6,11H,4,7-10,12H2,1-3H3,(H,19,25)/t18-/m0/s1. The molecule has 3 amide bonds. The predicted octanol–water partition coefficient (Wildman–Crippen LogP) is 0.588. The average Bonchev–Trinajstić information content (AvgIpc) is 2.97. The second-order valence-electron chi connectivity index (χ2n) is 7.60. The van der Waals surface area contributed by atoms with Gasteiger partial charge in [0.2, 0.25) is 10.0 Å². The highest BCUT2D eigenvalue weighted by molar-refractivity contribution is 7.89. The topological polar surface area (TPSA) is 142 Å². The SMILES string of the molecule is CC[C@]1(C)NC(=O)N(CN2CCN(S(=O)(=O)c3ccc(OC)c([N+](=O)[O-])c3)CC2)C1=O. The third kappa shape index (κ3) is 4.20. The summed E-state index contributed by atoms with van der Waals surface area (Å²) in [6.45, 7) is 4.41. The fourth-order valence-electron chi connectivity index (χ4n) is 3.55. The van der Waals surface area contributed by atoms with Crippen molar-refractivity contribution < 1.29 is 27.7 Å². The third-order valence-corrected chi connectivity index (χ3v) is 7.60. The number of imide groups is 1. The van der Waals surface area contributed by atoms with Crippen LogP contribution in [0.5, 0.6) is 5.75 Å². The zero-order valence-electron chi connectivity index (χ0n) is 17.5. The summed E-state index contributed by atoms with van der Waals surface area (Å²) in [5.74, 6) is -0.331. The molecule has 0 unspecified atom stereocenters. The summed E-state index contributed by atoms with van der Waals surface area (Å²) < 4.78 is 32.1. The first-order chi connectivity index (χ1) is 14.5. The lowest BCUT2D eigenvalue weighted by Gasteiger charge is -2.35. The number of sulfonamides is 1. The van der Waals surface area contributed by atoms with Crippen molar-refractivity contribution in [3.8, 4) is 5.75 Å². The quantitative estimate of drug-likeness (QED) is 0.358. The highest BCUT2D eigenvalue weighted by atomic mass is 32.2. The van der Waals surface area contributed by atoms with Crippen LogP contribution in [0.4, 0.5) is 10.5 Å². The Balaban J connectivity index is 1.68. The van der Waals surface area contributed by atoms with Crippen molar-refractivity contribution in [2.24, 2.45) is 0 Å². The van der Waals surface area contributed by atoms with Gasteiger partial charge in [-0.15, -0.1) is 0 Å². The molecule has 1 atom stereocenters. The summed E-state index contributed by atoms with van der Waals surface area (Å²) in [5.41, 5.74) is -1.36. The lowest BCUT2D eigenvalue weighted by atomic mass is 10.00. The summed E-state index contributed by atoms with van der Waals surface area (Å²) in [6, 6.07) is 3.05.